The summed E-state index contributed by atoms with van der Waals surface area (Å²) in [5.41, 5.74) is 2.28. The van der Waals surface area contributed by atoms with Gasteiger partial charge in [-0.3, -0.25) is 4.79 Å². The summed E-state index contributed by atoms with van der Waals surface area (Å²) >= 11 is 0. The van der Waals surface area contributed by atoms with Crippen molar-refractivity contribution in [2.45, 2.75) is 32.5 Å². The molecule has 0 fully saturated rings. The van der Waals surface area contributed by atoms with Crippen molar-refractivity contribution < 1.29 is 18.0 Å². The molecule has 2 aromatic heterocycles. The Morgan fingerprint density at radius 2 is 2.00 bits per heavy atom. The fourth-order valence-electron chi connectivity index (χ4n) is 3.73. The molecule has 0 bridgehead atoms. The molecule has 1 N–H and O–H groups in total. The van der Waals surface area contributed by atoms with E-state index in [0.29, 0.717) is 41.9 Å². The largest absolute Gasteiger partial charge is 0.416 e. The first-order chi connectivity index (χ1) is 15.2. The molecule has 0 aliphatic carbocycles. The zero-order valence-electron chi connectivity index (χ0n) is 17.6. The van der Waals surface area contributed by atoms with Crippen LogP contribution in [-0.4, -0.2) is 38.8 Å². The Morgan fingerprint density at radius 1 is 1.19 bits per heavy atom. The molecule has 0 spiro atoms. The zero-order chi connectivity index (χ0) is 22.9. The van der Waals surface area contributed by atoms with E-state index >= 15 is 0 Å². The van der Waals surface area contributed by atoms with E-state index in [-0.39, 0.29) is 5.91 Å². The molecule has 3 heterocycles. The van der Waals surface area contributed by atoms with E-state index in [1.807, 2.05) is 12.1 Å². The Bertz CT molecular complexity index is 1190. The second kappa shape index (κ2) is 8.57. The molecule has 1 aliphatic rings. The lowest BCUT2D eigenvalue weighted by molar-refractivity contribution is -0.137. The minimum absolute atomic E-state index is 0.0420. The average molecular weight is 441 g/mol. The third kappa shape index (κ3) is 4.56. The molecule has 1 aromatic carbocycles. The van der Waals surface area contributed by atoms with Gasteiger partial charge in [0.2, 0.25) is 5.91 Å². The van der Waals surface area contributed by atoms with Crippen molar-refractivity contribution in [1.82, 2.24) is 19.9 Å². The first-order valence-electron chi connectivity index (χ1n) is 10.2. The number of carbonyl (C=O) groups excluding carboxylic acids is 1. The van der Waals surface area contributed by atoms with Crippen LogP contribution in [-0.2, 0) is 11.0 Å². The van der Waals surface area contributed by atoms with Crippen LogP contribution in [0.1, 0.15) is 43.0 Å². The Morgan fingerprint density at radius 3 is 2.69 bits per heavy atom. The highest BCUT2D eigenvalue weighted by Crippen LogP contribution is 2.32. The molecular formula is C23H22F3N5O. The summed E-state index contributed by atoms with van der Waals surface area (Å²) in [6.07, 6.45) is 1.44. The van der Waals surface area contributed by atoms with Crippen molar-refractivity contribution in [3.05, 3.63) is 65.6 Å². The lowest BCUT2D eigenvalue weighted by Gasteiger charge is -2.25. The maximum Gasteiger partial charge on any atom is 0.416 e. The predicted octanol–water partition coefficient (Wildman–Crippen LogP) is 4.85. The second-order valence-electron chi connectivity index (χ2n) is 7.75. The number of amides is 1. The van der Waals surface area contributed by atoms with Gasteiger partial charge in [0, 0.05) is 32.3 Å². The van der Waals surface area contributed by atoms with Gasteiger partial charge >= 0.3 is 6.18 Å². The van der Waals surface area contributed by atoms with Crippen LogP contribution in [0, 0.1) is 0 Å². The summed E-state index contributed by atoms with van der Waals surface area (Å²) in [7, 11) is 0. The highest BCUT2D eigenvalue weighted by atomic mass is 19.4. The van der Waals surface area contributed by atoms with E-state index in [1.165, 1.54) is 12.4 Å². The standard InChI is InChI=1S/C23H22F3N5O/c1-14(17-4-3-5-19(10-17)23(24,25)26)30-22-20-11-18(12-27-21(20)28-13-29-22)16-6-8-31(9-7-16)15(2)32/h3-6,10-14H,7-9H2,1-2H3,(H,27,28,29,30)/t14-/m1/s1. The fourth-order valence-corrected chi connectivity index (χ4v) is 3.73. The first-order valence-corrected chi connectivity index (χ1v) is 10.2. The predicted molar refractivity (Wildman–Crippen MR) is 116 cm³/mol. The number of halogens is 3. The Labute approximate surface area is 183 Å². The molecule has 4 rings (SSSR count). The minimum atomic E-state index is -4.40. The number of nitrogens with zero attached hydrogens (tertiary/aromatic N) is 4. The number of alkyl halides is 3. The Balaban J connectivity index is 1.62. The maximum absolute atomic E-state index is 13.1. The number of carbonyl (C=O) groups is 1. The van der Waals surface area contributed by atoms with Gasteiger partial charge in [-0.2, -0.15) is 13.2 Å². The molecule has 1 amide bonds. The zero-order valence-corrected chi connectivity index (χ0v) is 17.6. The number of pyridine rings is 1. The fraction of sp³-hybridized carbons (Fsp3) is 0.304. The first kappa shape index (κ1) is 21.7. The molecule has 9 heteroatoms. The van der Waals surface area contributed by atoms with Gasteiger partial charge in [-0.15, -0.1) is 0 Å². The SMILES string of the molecule is CC(=O)N1CC=C(c2cnc3ncnc(N[C@H](C)c4cccc(C(F)(F)F)c4)c3c2)CC1. The van der Waals surface area contributed by atoms with Crippen LogP contribution < -0.4 is 5.32 Å². The number of aromatic nitrogens is 3. The van der Waals surface area contributed by atoms with E-state index in [1.54, 1.807) is 31.0 Å². The van der Waals surface area contributed by atoms with Crippen molar-refractivity contribution >= 4 is 28.3 Å². The molecular weight excluding hydrogens is 419 g/mol. The number of hydrogen-bond acceptors (Lipinski definition) is 5. The molecule has 3 aromatic rings. The van der Waals surface area contributed by atoms with Crippen molar-refractivity contribution in [2.24, 2.45) is 0 Å². The summed E-state index contributed by atoms with van der Waals surface area (Å²) in [5, 5.41) is 3.88. The number of nitrogens with one attached hydrogen (secondary N) is 1. The van der Waals surface area contributed by atoms with Gasteiger partial charge in [0.15, 0.2) is 5.65 Å². The van der Waals surface area contributed by atoms with Gasteiger partial charge in [-0.1, -0.05) is 18.2 Å². The van der Waals surface area contributed by atoms with E-state index in [4.69, 9.17) is 0 Å². The van der Waals surface area contributed by atoms with E-state index in [9.17, 15) is 18.0 Å². The van der Waals surface area contributed by atoms with Crippen LogP contribution in [0.3, 0.4) is 0 Å². The Kier molecular flexibility index (Phi) is 5.82. The second-order valence-corrected chi connectivity index (χ2v) is 7.75. The molecule has 0 radical (unpaired) electrons. The number of rotatable bonds is 4. The highest BCUT2D eigenvalue weighted by molar-refractivity contribution is 5.89. The summed E-state index contributed by atoms with van der Waals surface area (Å²) in [6, 6.07) is 6.74. The van der Waals surface area contributed by atoms with Crippen LogP contribution in [0.4, 0.5) is 19.0 Å². The number of anilines is 1. The molecule has 1 atom stereocenters. The number of hydrogen-bond donors (Lipinski definition) is 1. The van der Waals surface area contributed by atoms with Crippen molar-refractivity contribution in [2.75, 3.05) is 18.4 Å². The average Bonchev–Trinajstić information content (AvgIpc) is 2.78. The molecule has 6 nitrogen and oxygen atoms in total. The van der Waals surface area contributed by atoms with Crippen LogP contribution in [0.2, 0.25) is 0 Å². The van der Waals surface area contributed by atoms with Gasteiger partial charge in [0.25, 0.3) is 0 Å². The normalized spacial score (nSPS) is 15.4. The summed E-state index contributed by atoms with van der Waals surface area (Å²) in [4.78, 5) is 26.3. The minimum Gasteiger partial charge on any atom is -0.363 e. The third-order valence-electron chi connectivity index (χ3n) is 5.58. The lowest BCUT2D eigenvalue weighted by Crippen LogP contribution is -2.32. The van der Waals surface area contributed by atoms with Gasteiger partial charge in [0.05, 0.1) is 10.9 Å². The van der Waals surface area contributed by atoms with Crippen LogP contribution in [0.15, 0.2) is 48.9 Å². The summed E-state index contributed by atoms with van der Waals surface area (Å²) in [6.45, 7) is 4.52. The van der Waals surface area contributed by atoms with Crippen molar-refractivity contribution in [1.29, 1.82) is 0 Å². The molecule has 1 aliphatic heterocycles. The van der Waals surface area contributed by atoms with Gasteiger partial charge in [-0.05, 0) is 48.2 Å². The highest BCUT2D eigenvalue weighted by Gasteiger charge is 2.30. The molecule has 0 saturated carbocycles. The monoisotopic (exact) mass is 441 g/mol. The summed E-state index contributed by atoms with van der Waals surface area (Å²) in [5.74, 6) is 0.538. The quantitative estimate of drug-likeness (QED) is 0.627. The third-order valence-corrected chi connectivity index (χ3v) is 5.58. The van der Waals surface area contributed by atoms with E-state index < -0.39 is 17.8 Å². The van der Waals surface area contributed by atoms with Crippen molar-refractivity contribution in [3.8, 4) is 0 Å². The lowest BCUT2D eigenvalue weighted by atomic mass is 10.00. The van der Waals surface area contributed by atoms with Gasteiger partial charge < -0.3 is 10.2 Å². The Hall–Kier alpha value is -3.49. The number of benzene rings is 1. The van der Waals surface area contributed by atoms with Crippen LogP contribution in [0.5, 0.6) is 0 Å². The maximum atomic E-state index is 13.1. The van der Waals surface area contributed by atoms with Gasteiger partial charge in [0.1, 0.15) is 12.1 Å². The molecule has 32 heavy (non-hydrogen) atoms. The van der Waals surface area contributed by atoms with E-state index in [2.05, 4.69) is 20.3 Å². The van der Waals surface area contributed by atoms with Crippen LogP contribution >= 0.6 is 0 Å². The molecule has 0 saturated heterocycles. The molecule has 166 valence electrons. The smallest absolute Gasteiger partial charge is 0.363 e. The number of fused-ring (bicyclic) bond motifs is 1. The van der Waals surface area contributed by atoms with Crippen LogP contribution in [0.25, 0.3) is 16.6 Å². The topological polar surface area (TPSA) is 71.0 Å². The van der Waals surface area contributed by atoms with Gasteiger partial charge in [-0.25, -0.2) is 15.0 Å². The van der Waals surface area contributed by atoms with Crippen molar-refractivity contribution in [3.63, 3.8) is 0 Å². The molecule has 0 unspecified atom stereocenters. The van der Waals surface area contributed by atoms with E-state index in [0.717, 1.165) is 23.3 Å². The summed E-state index contributed by atoms with van der Waals surface area (Å²) < 4.78 is 39.2.